The van der Waals surface area contributed by atoms with Crippen molar-refractivity contribution in [2.75, 3.05) is 32.6 Å². The number of ether oxygens (including phenoxy) is 1. The molecule has 0 fully saturated rings. The van der Waals surface area contributed by atoms with E-state index in [-0.39, 0.29) is 30.0 Å². The van der Waals surface area contributed by atoms with Crippen LogP contribution in [0, 0.1) is 0 Å². The summed E-state index contributed by atoms with van der Waals surface area (Å²) in [6.45, 7) is 2.46. The average Bonchev–Trinajstić information content (AvgIpc) is 3.07. The zero-order valence-electron chi connectivity index (χ0n) is 16.3. The van der Waals surface area contributed by atoms with Gasteiger partial charge in [0.1, 0.15) is 18.2 Å². The summed E-state index contributed by atoms with van der Waals surface area (Å²) in [5.74, 6) is 3.07. The third-order valence-corrected chi connectivity index (χ3v) is 4.75. The van der Waals surface area contributed by atoms with Crippen LogP contribution in [0.5, 0.6) is 0 Å². The minimum Gasteiger partial charge on any atom is -0.377 e. The molecule has 3 heterocycles. The number of halogens is 3. The van der Waals surface area contributed by atoms with E-state index >= 15 is 0 Å². The van der Waals surface area contributed by atoms with E-state index in [4.69, 9.17) is 27.9 Å². The SMILES string of the molecule is CN=C(NCCNc1ncc(Cl)cc1Cl)NC1CCc2nc(COC)nn2C1.I. The van der Waals surface area contributed by atoms with E-state index in [0.717, 1.165) is 37.0 Å². The first-order valence-corrected chi connectivity index (χ1v) is 9.78. The second-order valence-electron chi connectivity index (χ2n) is 6.35. The highest BCUT2D eigenvalue weighted by molar-refractivity contribution is 14.0. The maximum atomic E-state index is 6.10. The molecule has 0 radical (unpaired) electrons. The fourth-order valence-corrected chi connectivity index (χ4v) is 3.41. The van der Waals surface area contributed by atoms with E-state index in [1.165, 1.54) is 0 Å². The van der Waals surface area contributed by atoms with Crippen LogP contribution in [-0.4, -0.2) is 59.0 Å². The minimum atomic E-state index is 0. The summed E-state index contributed by atoms with van der Waals surface area (Å²) < 4.78 is 7.05. The molecule has 0 amide bonds. The normalized spacial score (nSPS) is 16.0. The fraction of sp³-hybridized carbons (Fsp3) is 0.529. The van der Waals surface area contributed by atoms with Gasteiger partial charge in [-0.3, -0.25) is 4.99 Å². The number of fused-ring (bicyclic) bond motifs is 1. The molecule has 160 valence electrons. The van der Waals surface area contributed by atoms with E-state index in [2.05, 4.69) is 36.0 Å². The van der Waals surface area contributed by atoms with Gasteiger partial charge in [0.25, 0.3) is 0 Å². The molecular formula is C17H25Cl2IN8O. The fourth-order valence-electron chi connectivity index (χ4n) is 2.96. The molecule has 0 saturated heterocycles. The molecule has 0 saturated carbocycles. The Bertz CT molecular complexity index is 832. The van der Waals surface area contributed by atoms with Crippen LogP contribution in [0.1, 0.15) is 18.1 Å². The largest absolute Gasteiger partial charge is 0.377 e. The van der Waals surface area contributed by atoms with E-state index in [0.29, 0.717) is 35.6 Å². The molecule has 12 heteroatoms. The smallest absolute Gasteiger partial charge is 0.191 e. The number of aliphatic imine (C=N–C) groups is 1. The average molecular weight is 555 g/mol. The summed E-state index contributed by atoms with van der Waals surface area (Å²) >= 11 is 12.0. The van der Waals surface area contributed by atoms with Crippen LogP contribution in [-0.2, 0) is 24.3 Å². The minimum absolute atomic E-state index is 0. The number of hydrogen-bond donors (Lipinski definition) is 3. The van der Waals surface area contributed by atoms with E-state index < -0.39 is 0 Å². The summed E-state index contributed by atoms with van der Waals surface area (Å²) in [5, 5.41) is 15.4. The van der Waals surface area contributed by atoms with Gasteiger partial charge in [0.2, 0.25) is 0 Å². The van der Waals surface area contributed by atoms with Crippen LogP contribution in [0.15, 0.2) is 17.3 Å². The first-order valence-electron chi connectivity index (χ1n) is 9.02. The maximum absolute atomic E-state index is 6.10. The third kappa shape index (κ3) is 6.83. The van der Waals surface area contributed by atoms with Gasteiger partial charge in [0.05, 0.1) is 16.6 Å². The first kappa shape index (κ1) is 23.9. The lowest BCUT2D eigenvalue weighted by molar-refractivity contribution is 0.177. The van der Waals surface area contributed by atoms with Crippen molar-refractivity contribution in [2.24, 2.45) is 4.99 Å². The lowest BCUT2D eigenvalue weighted by atomic mass is 10.1. The molecule has 0 aromatic carbocycles. The third-order valence-electron chi connectivity index (χ3n) is 4.26. The maximum Gasteiger partial charge on any atom is 0.191 e. The highest BCUT2D eigenvalue weighted by Gasteiger charge is 2.22. The predicted octanol–water partition coefficient (Wildman–Crippen LogP) is 2.34. The van der Waals surface area contributed by atoms with Crippen molar-refractivity contribution in [3.8, 4) is 0 Å². The Morgan fingerprint density at radius 1 is 1.38 bits per heavy atom. The number of hydrogen-bond acceptors (Lipinski definition) is 6. The van der Waals surface area contributed by atoms with Gasteiger partial charge in [0, 0.05) is 45.9 Å². The van der Waals surface area contributed by atoms with E-state index in [1.807, 2.05) is 4.68 Å². The molecule has 3 rings (SSSR count). The lowest BCUT2D eigenvalue weighted by Crippen LogP contribution is -2.48. The Morgan fingerprint density at radius 2 is 2.21 bits per heavy atom. The van der Waals surface area contributed by atoms with Crippen molar-refractivity contribution in [2.45, 2.75) is 32.0 Å². The van der Waals surface area contributed by atoms with Crippen LogP contribution < -0.4 is 16.0 Å². The van der Waals surface area contributed by atoms with Crippen LogP contribution in [0.3, 0.4) is 0 Å². The van der Waals surface area contributed by atoms with Gasteiger partial charge in [-0.05, 0) is 12.5 Å². The molecular weight excluding hydrogens is 530 g/mol. The van der Waals surface area contributed by atoms with E-state index in [1.54, 1.807) is 26.4 Å². The molecule has 9 nitrogen and oxygen atoms in total. The summed E-state index contributed by atoms with van der Waals surface area (Å²) in [6.07, 6.45) is 3.39. The predicted molar refractivity (Wildman–Crippen MR) is 126 cm³/mol. The summed E-state index contributed by atoms with van der Waals surface area (Å²) in [7, 11) is 3.40. The summed E-state index contributed by atoms with van der Waals surface area (Å²) in [5.41, 5.74) is 0. The lowest BCUT2D eigenvalue weighted by Gasteiger charge is -2.25. The van der Waals surface area contributed by atoms with Crippen molar-refractivity contribution in [3.63, 3.8) is 0 Å². The number of nitrogens with one attached hydrogen (secondary N) is 3. The van der Waals surface area contributed by atoms with Crippen LogP contribution >= 0.6 is 47.2 Å². The van der Waals surface area contributed by atoms with Crippen LogP contribution in [0.25, 0.3) is 0 Å². The van der Waals surface area contributed by atoms with Gasteiger partial charge in [0.15, 0.2) is 11.8 Å². The molecule has 29 heavy (non-hydrogen) atoms. The Kier molecular flexibility index (Phi) is 9.66. The second-order valence-corrected chi connectivity index (χ2v) is 7.19. The molecule has 0 bridgehead atoms. The van der Waals surface area contributed by atoms with Crippen molar-refractivity contribution < 1.29 is 4.74 Å². The summed E-state index contributed by atoms with van der Waals surface area (Å²) in [4.78, 5) is 13.0. The number of nitrogens with zero attached hydrogens (tertiary/aromatic N) is 5. The number of pyridine rings is 1. The molecule has 0 spiro atoms. The van der Waals surface area contributed by atoms with Gasteiger partial charge < -0.3 is 20.7 Å². The number of anilines is 1. The van der Waals surface area contributed by atoms with Crippen LogP contribution in [0.2, 0.25) is 10.0 Å². The highest BCUT2D eigenvalue weighted by atomic mass is 127. The number of aryl methyl sites for hydroxylation is 1. The Labute approximate surface area is 197 Å². The van der Waals surface area contributed by atoms with Crippen molar-refractivity contribution in [1.29, 1.82) is 0 Å². The standard InChI is InChI=1S/C17H24Cl2N8O.HI/c1-20-17(22-6-5-21-16-13(19)7-11(18)8-23-16)24-12-3-4-15-25-14(10-28-2)26-27(15)9-12;/h7-8,12H,3-6,9-10H2,1-2H3,(H,21,23)(H2,20,22,24);1H. The molecule has 1 aliphatic heterocycles. The Balaban J connectivity index is 0.00000300. The van der Waals surface area contributed by atoms with Gasteiger partial charge in [-0.1, -0.05) is 23.2 Å². The second kappa shape index (κ2) is 11.7. The van der Waals surface area contributed by atoms with Gasteiger partial charge >= 0.3 is 0 Å². The Morgan fingerprint density at radius 3 is 2.93 bits per heavy atom. The molecule has 0 aliphatic carbocycles. The van der Waals surface area contributed by atoms with Gasteiger partial charge in [-0.2, -0.15) is 5.10 Å². The van der Waals surface area contributed by atoms with Gasteiger partial charge in [-0.25, -0.2) is 14.6 Å². The van der Waals surface area contributed by atoms with Crippen molar-refractivity contribution in [1.82, 2.24) is 30.4 Å². The van der Waals surface area contributed by atoms with Crippen LogP contribution in [0.4, 0.5) is 5.82 Å². The zero-order valence-corrected chi connectivity index (χ0v) is 20.1. The number of rotatable bonds is 7. The van der Waals surface area contributed by atoms with Crippen molar-refractivity contribution in [3.05, 3.63) is 34.0 Å². The topological polar surface area (TPSA) is 101 Å². The van der Waals surface area contributed by atoms with E-state index in [9.17, 15) is 0 Å². The quantitative estimate of drug-likeness (QED) is 0.209. The molecule has 1 unspecified atom stereocenters. The molecule has 3 N–H and O–H groups in total. The molecule has 1 aliphatic rings. The number of methoxy groups -OCH3 is 1. The molecule has 2 aromatic rings. The highest BCUT2D eigenvalue weighted by Crippen LogP contribution is 2.22. The molecule has 1 atom stereocenters. The monoisotopic (exact) mass is 554 g/mol. The van der Waals surface area contributed by atoms with Gasteiger partial charge in [-0.15, -0.1) is 24.0 Å². The number of aromatic nitrogens is 4. The molecule has 2 aromatic heterocycles. The Hall–Kier alpha value is -1.37. The summed E-state index contributed by atoms with van der Waals surface area (Å²) in [6, 6.07) is 1.89. The zero-order chi connectivity index (χ0) is 19.9. The number of guanidine groups is 1. The van der Waals surface area contributed by atoms with Crippen molar-refractivity contribution >= 4 is 59.0 Å². The first-order chi connectivity index (χ1) is 13.6.